The zero-order valence-corrected chi connectivity index (χ0v) is 20.8. The largest absolute Gasteiger partial charge is 0.497 e. The van der Waals surface area contributed by atoms with Crippen molar-refractivity contribution in [1.29, 1.82) is 0 Å². The molecule has 2 unspecified atom stereocenters. The van der Waals surface area contributed by atoms with E-state index in [0.29, 0.717) is 43.1 Å². The zero-order valence-electron chi connectivity index (χ0n) is 20.8. The Bertz CT molecular complexity index is 1400. The fraction of sp³-hybridized carbons (Fsp3) is 0.345. The Morgan fingerprint density at radius 3 is 2.57 bits per heavy atom. The van der Waals surface area contributed by atoms with E-state index >= 15 is 0 Å². The molecule has 0 spiro atoms. The van der Waals surface area contributed by atoms with Gasteiger partial charge in [-0.3, -0.25) is 19.8 Å². The number of nitrogens with one attached hydrogen (secondary N) is 2. The van der Waals surface area contributed by atoms with Crippen LogP contribution in [0.15, 0.2) is 60.8 Å². The minimum atomic E-state index is -0.360. The molecule has 1 aromatic heterocycles. The van der Waals surface area contributed by atoms with Crippen LogP contribution < -0.4 is 15.2 Å². The van der Waals surface area contributed by atoms with Crippen LogP contribution in [0, 0.1) is 11.8 Å². The number of hydrazine groups is 1. The van der Waals surface area contributed by atoms with Crippen molar-refractivity contribution < 1.29 is 19.1 Å². The molecule has 3 heterocycles. The van der Waals surface area contributed by atoms with Gasteiger partial charge in [0.1, 0.15) is 5.75 Å². The molecule has 2 N–H and O–H groups in total. The van der Waals surface area contributed by atoms with E-state index in [1.165, 1.54) is 16.0 Å². The van der Waals surface area contributed by atoms with E-state index in [2.05, 4.69) is 22.7 Å². The predicted octanol–water partition coefficient (Wildman–Crippen LogP) is 4.16. The second-order valence-electron chi connectivity index (χ2n) is 10.1. The summed E-state index contributed by atoms with van der Waals surface area (Å²) in [6.45, 7) is 1.31. The number of carbonyl (C=O) groups is 3. The quantitative estimate of drug-likeness (QED) is 0.528. The average Bonchev–Trinajstić information content (AvgIpc) is 3.38. The molecule has 6 rings (SSSR count). The minimum absolute atomic E-state index is 0.0600. The Kier molecular flexibility index (Phi) is 5.94. The van der Waals surface area contributed by atoms with E-state index in [-0.39, 0.29) is 29.6 Å². The van der Waals surface area contributed by atoms with Crippen LogP contribution in [-0.4, -0.2) is 47.8 Å². The van der Waals surface area contributed by atoms with Crippen LogP contribution in [0.4, 0.5) is 5.69 Å². The number of hydrogen-bond acceptors (Lipinski definition) is 4. The summed E-state index contributed by atoms with van der Waals surface area (Å²) in [5.41, 5.74) is 6.12. The van der Waals surface area contributed by atoms with Gasteiger partial charge in [0.2, 0.25) is 11.8 Å². The predicted molar refractivity (Wildman–Crippen MR) is 140 cm³/mol. The number of aromatic amines is 1. The van der Waals surface area contributed by atoms with Crippen molar-refractivity contribution in [1.82, 2.24) is 15.3 Å². The molecule has 3 aliphatic rings. The first-order valence-electron chi connectivity index (χ1n) is 12.9. The lowest BCUT2D eigenvalue weighted by atomic mass is 9.80. The summed E-state index contributed by atoms with van der Waals surface area (Å²) >= 11 is 0. The Hall–Kier alpha value is -4.07. The van der Waals surface area contributed by atoms with E-state index in [9.17, 15) is 14.4 Å². The van der Waals surface area contributed by atoms with Gasteiger partial charge in [-0.2, -0.15) is 0 Å². The molecule has 2 aromatic carbocycles. The van der Waals surface area contributed by atoms with Crippen molar-refractivity contribution in [3.63, 3.8) is 0 Å². The zero-order chi connectivity index (χ0) is 25.5. The van der Waals surface area contributed by atoms with Gasteiger partial charge < -0.3 is 14.6 Å². The normalized spacial score (nSPS) is 22.2. The highest BCUT2D eigenvalue weighted by Gasteiger charge is 2.42. The van der Waals surface area contributed by atoms with Crippen LogP contribution in [0.2, 0.25) is 0 Å². The molecule has 8 nitrogen and oxygen atoms in total. The van der Waals surface area contributed by atoms with E-state index in [0.717, 1.165) is 24.1 Å². The Morgan fingerprint density at radius 2 is 1.78 bits per heavy atom. The number of likely N-dealkylation sites (tertiary alicyclic amines) is 1. The minimum Gasteiger partial charge on any atom is -0.497 e. The Labute approximate surface area is 215 Å². The summed E-state index contributed by atoms with van der Waals surface area (Å²) in [5.74, 6) is 0.168. The molecule has 8 heteroatoms. The highest BCUT2D eigenvalue weighted by atomic mass is 16.5. The Balaban J connectivity index is 1.16. The number of ether oxygens (including phenoxy) is 1. The van der Waals surface area contributed by atoms with E-state index < -0.39 is 0 Å². The maximum absolute atomic E-state index is 13.4. The van der Waals surface area contributed by atoms with Crippen molar-refractivity contribution in [3.05, 3.63) is 71.9 Å². The molecular weight excluding hydrogens is 468 g/mol. The molecule has 37 heavy (non-hydrogen) atoms. The number of allylic oxidation sites excluding steroid dienone is 2. The molecule has 0 saturated carbocycles. The van der Waals surface area contributed by atoms with Gasteiger partial charge in [-0.1, -0.05) is 18.2 Å². The fourth-order valence-electron chi connectivity index (χ4n) is 5.92. The van der Waals surface area contributed by atoms with Gasteiger partial charge >= 0.3 is 0 Å². The third kappa shape index (κ3) is 4.16. The van der Waals surface area contributed by atoms with Gasteiger partial charge in [-0.05, 0) is 73.6 Å². The molecule has 1 aliphatic carbocycles. The van der Waals surface area contributed by atoms with Crippen molar-refractivity contribution in [2.75, 3.05) is 25.2 Å². The van der Waals surface area contributed by atoms with Gasteiger partial charge in [-0.15, -0.1) is 0 Å². The second-order valence-corrected chi connectivity index (χ2v) is 10.1. The number of piperidine rings is 1. The molecule has 0 bridgehead atoms. The van der Waals surface area contributed by atoms with Crippen LogP contribution >= 0.6 is 0 Å². The molecule has 0 radical (unpaired) electrons. The number of rotatable bonds is 4. The number of methoxy groups -OCH3 is 1. The third-order valence-electron chi connectivity index (χ3n) is 8.02. The van der Waals surface area contributed by atoms with Crippen molar-refractivity contribution >= 4 is 34.3 Å². The van der Waals surface area contributed by atoms with Crippen LogP contribution in [0.3, 0.4) is 0 Å². The lowest BCUT2D eigenvalue weighted by Gasteiger charge is -2.38. The number of amides is 3. The first-order chi connectivity index (χ1) is 18.0. The van der Waals surface area contributed by atoms with Crippen LogP contribution in [0.5, 0.6) is 5.75 Å². The molecule has 3 amide bonds. The summed E-state index contributed by atoms with van der Waals surface area (Å²) in [6.07, 6.45) is 8.88. The number of nitrogens with zero attached hydrogens (tertiary/aromatic N) is 2. The Morgan fingerprint density at radius 1 is 1.00 bits per heavy atom. The lowest BCUT2D eigenvalue weighted by molar-refractivity contribution is -0.139. The molecular formula is C29H30N4O4. The first kappa shape index (κ1) is 23.3. The number of benzene rings is 2. The lowest BCUT2D eigenvalue weighted by Crippen LogP contribution is -2.59. The number of carbonyl (C=O) groups excluding carboxylic acids is 3. The fourth-order valence-corrected chi connectivity index (χ4v) is 5.92. The molecule has 3 aromatic rings. The third-order valence-corrected chi connectivity index (χ3v) is 8.02. The van der Waals surface area contributed by atoms with Crippen molar-refractivity contribution in [2.24, 2.45) is 11.8 Å². The van der Waals surface area contributed by atoms with Crippen LogP contribution in [-0.2, 0) is 9.59 Å². The second kappa shape index (κ2) is 9.42. The van der Waals surface area contributed by atoms with Gasteiger partial charge in [0.05, 0.1) is 24.6 Å². The first-order valence-corrected chi connectivity index (χ1v) is 12.9. The van der Waals surface area contributed by atoms with Crippen LogP contribution in [0.1, 0.15) is 47.5 Å². The van der Waals surface area contributed by atoms with E-state index in [1.807, 2.05) is 29.2 Å². The summed E-state index contributed by atoms with van der Waals surface area (Å²) in [5, 5.41) is 2.48. The number of aromatic nitrogens is 1. The number of anilines is 1. The molecule has 2 fully saturated rings. The monoisotopic (exact) mass is 498 g/mol. The summed E-state index contributed by atoms with van der Waals surface area (Å²) < 4.78 is 5.41. The smallest absolute Gasteiger partial charge is 0.253 e. The van der Waals surface area contributed by atoms with Crippen molar-refractivity contribution in [2.45, 2.75) is 31.6 Å². The van der Waals surface area contributed by atoms with Gasteiger partial charge in [0.15, 0.2) is 0 Å². The maximum Gasteiger partial charge on any atom is 0.253 e. The average molecular weight is 499 g/mol. The number of H-pyrrole nitrogens is 1. The van der Waals surface area contributed by atoms with E-state index in [1.54, 1.807) is 31.4 Å². The summed E-state index contributed by atoms with van der Waals surface area (Å²) in [6, 6.07) is 13.0. The van der Waals surface area contributed by atoms with Crippen molar-refractivity contribution in [3.8, 4) is 5.75 Å². The van der Waals surface area contributed by atoms with Gasteiger partial charge in [0, 0.05) is 35.8 Å². The number of hydrogen-bond donors (Lipinski definition) is 2. The number of fused-ring (bicyclic) bond motifs is 2. The molecule has 190 valence electrons. The molecule has 2 aliphatic heterocycles. The molecule has 2 saturated heterocycles. The standard InChI is InChI=1S/C29H30N4O4/c1-37-21-9-10-26-24(16-21)25(17-30-26)18-11-13-32(14-12-18)28(35)19-5-4-6-20(15-19)33-29(36)23-8-3-2-7-22(23)27(34)31-33/h2-6,9-10,15-18,22-23,30H,7-8,11-14H2,1H3,(H,31,34). The maximum atomic E-state index is 13.4. The van der Waals surface area contributed by atoms with Crippen LogP contribution in [0.25, 0.3) is 10.9 Å². The SMILES string of the molecule is COc1ccc2[nH]cc(C3CCN(C(=O)c4cccc(N5NC(=O)C6CC=CCC6C5=O)c4)CC3)c2c1. The van der Waals surface area contributed by atoms with E-state index in [4.69, 9.17) is 4.74 Å². The highest BCUT2D eigenvalue weighted by molar-refractivity contribution is 6.05. The molecule has 2 atom stereocenters. The topological polar surface area (TPSA) is 94.7 Å². The highest BCUT2D eigenvalue weighted by Crippen LogP contribution is 2.36. The van der Waals surface area contributed by atoms with Gasteiger partial charge in [-0.25, -0.2) is 5.01 Å². The summed E-state index contributed by atoms with van der Waals surface area (Å²) in [7, 11) is 1.67. The van der Waals surface area contributed by atoms with Gasteiger partial charge in [0.25, 0.3) is 5.91 Å². The summed E-state index contributed by atoms with van der Waals surface area (Å²) in [4.78, 5) is 44.4.